The van der Waals surface area contributed by atoms with Gasteiger partial charge in [-0.25, -0.2) is 12.1 Å². The summed E-state index contributed by atoms with van der Waals surface area (Å²) in [6.07, 6.45) is 2.43. The van der Waals surface area contributed by atoms with Crippen molar-refractivity contribution in [2.45, 2.75) is 93.2 Å². The molecule has 0 unspecified atom stereocenters. The van der Waals surface area contributed by atoms with Crippen LogP contribution in [0.1, 0.15) is 89.5 Å². The minimum atomic E-state index is -0.826. The van der Waals surface area contributed by atoms with Crippen LogP contribution in [0.2, 0.25) is 13.1 Å². The third-order valence-corrected chi connectivity index (χ3v) is 4.31. The molecular weight excluding hydrogens is 503 g/mol. The van der Waals surface area contributed by atoms with E-state index in [-0.39, 0.29) is 0 Å². The normalized spacial score (nSPS) is 10.1. The zero-order valence-electron chi connectivity index (χ0n) is 21.0. The summed E-state index contributed by atoms with van der Waals surface area (Å²) in [5, 5.41) is 0. The van der Waals surface area contributed by atoms with Gasteiger partial charge >= 0.3 is 37.9 Å². The molecule has 1 radical (unpaired) electrons. The van der Waals surface area contributed by atoms with Crippen molar-refractivity contribution < 1.29 is 20.8 Å². The fourth-order valence-corrected chi connectivity index (χ4v) is 2.94. The molecule has 0 aliphatic heterocycles. The van der Waals surface area contributed by atoms with Crippen LogP contribution in [0.5, 0.6) is 0 Å². The van der Waals surface area contributed by atoms with Crippen LogP contribution in [0.3, 0.4) is 0 Å². The summed E-state index contributed by atoms with van der Waals surface area (Å²) in [7, 11) is 10.6. The summed E-state index contributed by atoms with van der Waals surface area (Å²) in [6, 6.07) is 13.7. The molecule has 2 aromatic rings. The summed E-state index contributed by atoms with van der Waals surface area (Å²) in [4.78, 5) is 0. The molecule has 2 aromatic carbocycles. The van der Waals surface area contributed by atoms with Gasteiger partial charge in [-0.15, -0.1) is 0 Å². The van der Waals surface area contributed by atoms with Crippen LogP contribution < -0.4 is 0 Å². The molecule has 171 valence electrons. The Hall–Kier alpha value is 0.380. The molecule has 4 heteroatoms. The molecule has 0 N–H and O–H groups in total. The van der Waals surface area contributed by atoms with E-state index in [4.69, 9.17) is 17.0 Å². The standard InChI is InChI=1S/2C12H19.C2H7Si.2ClH.Zr/c2*1-9(2)7-11-5-6-12(8-11)10(3)4;1-3-2;;;/h2*5-6,8-10H,7H2,1-4H3;3H,1-2H3;2*1H;/q2*-1;;;;+4/p-2. The van der Waals surface area contributed by atoms with E-state index in [1.54, 1.807) is 0 Å². The second-order valence-corrected chi connectivity index (χ2v) is 14.1. The second-order valence-electron chi connectivity index (χ2n) is 9.26. The SMILES string of the molecule is CC(C)Cc1c[cH-]c(C(C)C)c1.CC(C)Cc1c[cH-]c(C(C)C)c1.C[SiH]C.[Cl][Zr+2][Cl]. The molecule has 0 fully saturated rings. The van der Waals surface area contributed by atoms with E-state index in [9.17, 15) is 0 Å². The zero-order valence-corrected chi connectivity index (χ0v) is 26.1. The molecule has 0 amide bonds. The van der Waals surface area contributed by atoms with Gasteiger partial charge in [-0.3, -0.25) is 0 Å². The van der Waals surface area contributed by atoms with Crippen LogP contribution in [-0.4, -0.2) is 9.52 Å². The van der Waals surface area contributed by atoms with Crippen molar-refractivity contribution in [3.05, 3.63) is 58.7 Å². The Bertz CT molecular complexity index is 558. The summed E-state index contributed by atoms with van der Waals surface area (Å²) < 4.78 is 0. The van der Waals surface area contributed by atoms with Crippen molar-refractivity contribution in [1.29, 1.82) is 0 Å². The van der Waals surface area contributed by atoms with E-state index >= 15 is 0 Å². The van der Waals surface area contributed by atoms with E-state index in [2.05, 4.69) is 105 Å². The van der Waals surface area contributed by atoms with Crippen molar-refractivity contribution in [3.8, 4) is 0 Å². The fraction of sp³-hybridized carbons (Fsp3) is 0.615. The van der Waals surface area contributed by atoms with E-state index < -0.39 is 20.8 Å². The molecule has 0 saturated heterocycles. The first-order chi connectivity index (χ1) is 14.0. The van der Waals surface area contributed by atoms with E-state index in [0.717, 1.165) is 21.4 Å². The number of hydrogen-bond donors (Lipinski definition) is 0. The van der Waals surface area contributed by atoms with Crippen molar-refractivity contribution in [3.63, 3.8) is 0 Å². The van der Waals surface area contributed by atoms with Crippen LogP contribution in [-0.2, 0) is 33.7 Å². The molecular formula is C26H45Cl2SiZr. The molecule has 0 aliphatic carbocycles. The Labute approximate surface area is 209 Å². The van der Waals surface area contributed by atoms with Crippen LogP contribution in [0.4, 0.5) is 0 Å². The van der Waals surface area contributed by atoms with Gasteiger partial charge in [-0.2, -0.15) is 46.5 Å². The first-order valence-corrected chi connectivity index (χ1v) is 19.9. The molecule has 0 aromatic heterocycles. The molecule has 0 saturated carbocycles. The van der Waals surface area contributed by atoms with E-state index in [1.165, 1.54) is 35.1 Å². The fourth-order valence-electron chi connectivity index (χ4n) is 2.94. The Balaban J connectivity index is 0. The topological polar surface area (TPSA) is 0 Å². The summed E-state index contributed by atoms with van der Waals surface area (Å²) in [6.45, 7) is 22.5. The third kappa shape index (κ3) is 18.0. The van der Waals surface area contributed by atoms with E-state index in [1.807, 2.05) is 0 Å². The molecule has 0 atom stereocenters. The van der Waals surface area contributed by atoms with Gasteiger partial charge in [0.05, 0.1) is 0 Å². The monoisotopic (exact) mass is 545 g/mol. The maximum absolute atomic E-state index is 4.93. The molecule has 30 heavy (non-hydrogen) atoms. The molecule has 0 spiro atoms. The maximum atomic E-state index is 4.93. The summed E-state index contributed by atoms with van der Waals surface area (Å²) in [5.74, 6) is 2.89. The van der Waals surface area contributed by atoms with Crippen molar-refractivity contribution in [1.82, 2.24) is 0 Å². The average Bonchev–Trinajstić information content (AvgIpc) is 3.25. The van der Waals surface area contributed by atoms with Gasteiger partial charge in [0.2, 0.25) is 0 Å². The Morgan fingerprint density at radius 2 is 1.00 bits per heavy atom. The van der Waals surface area contributed by atoms with Gasteiger partial charge < -0.3 is 0 Å². The van der Waals surface area contributed by atoms with Crippen LogP contribution in [0, 0.1) is 11.8 Å². The van der Waals surface area contributed by atoms with Gasteiger partial charge in [0, 0.05) is 9.52 Å². The zero-order chi connectivity index (χ0) is 23.7. The predicted molar refractivity (Wildman–Crippen MR) is 140 cm³/mol. The Kier molecular flexibility index (Phi) is 21.7. The Morgan fingerprint density at radius 1 is 0.733 bits per heavy atom. The quantitative estimate of drug-likeness (QED) is 0.250. The molecule has 0 bridgehead atoms. The summed E-state index contributed by atoms with van der Waals surface area (Å²) in [5.41, 5.74) is 5.94. The molecule has 0 aliphatic rings. The first-order valence-electron chi connectivity index (χ1n) is 11.2. The molecule has 0 heterocycles. The number of halogens is 2. The average molecular weight is 548 g/mol. The predicted octanol–water partition coefficient (Wildman–Crippen LogP) is 9.35. The van der Waals surface area contributed by atoms with E-state index in [0.29, 0.717) is 11.8 Å². The van der Waals surface area contributed by atoms with Gasteiger partial charge in [0.15, 0.2) is 0 Å². The van der Waals surface area contributed by atoms with Crippen molar-refractivity contribution >= 4 is 26.5 Å². The van der Waals surface area contributed by atoms with Gasteiger partial charge in [-0.1, -0.05) is 93.2 Å². The van der Waals surface area contributed by atoms with Gasteiger partial charge in [-0.05, 0) is 11.8 Å². The second kappa shape index (κ2) is 20.0. The van der Waals surface area contributed by atoms with Crippen molar-refractivity contribution in [2.24, 2.45) is 11.8 Å². The first kappa shape index (κ1) is 32.6. The van der Waals surface area contributed by atoms with Crippen LogP contribution in [0.15, 0.2) is 36.4 Å². The van der Waals surface area contributed by atoms with Crippen LogP contribution >= 0.6 is 17.0 Å². The van der Waals surface area contributed by atoms with Crippen LogP contribution in [0.25, 0.3) is 0 Å². The number of rotatable bonds is 6. The Morgan fingerprint density at radius 3 is 1.17 bits per heavy atom. The van der Waals surface area contributed by atoms with Gasteiger partial charge in [0.25, 0.3) is 0 Å². The molecule has 2 rings (SSSR count). The number of hydrogen-bond acceptors (Lipinski definition) is 0. The third-order valence-electron chi connectivity index (χ3n) is 4.31. The van der Waals surface area contributed by atoms with Crippen molar-refractivity contribution in [2.75, 3.05) is 0 Å². The minimum absolute atomic E-state index is 0.672. The van der Waals surface area contributed by atoms with Gasteiger partial charge in [0.1, 0.15) is 0 Å². The molecule has 0 nitrogen and oxygen atoms in total. The summed E-state index contributed by atoms with van der Waals surface area (Å²) >= 11 is -0.826.